The number of rotatable bonds is 4. The van der Waals surface area contributed by atoms with E-state index in [4.69, 9.17) is 0 Å². The van der Waals surface area contributed by atoms with Gasteiger partial charge in [-0.05, 0) is 54.4 Å². The zero-order valence-electron chi connectivity index (χ0n) is 12.5. The highest BCUT2D eigenvalue weighted by molar-refractivity contribution is 9.10. The lowest BCUT2D eigenvalue weighted by molar-refractivity contribution is 0.101. The molecule has 1 atom stereocenters. The molecule has 0 bridgehead atoms. The lowest BCUT2D eigenvalue weighted by atomic mass is 10.1. The van der Waals surface area contributed by atoms with Crippen LogP contribution in [0.4, 0.5) is 5.69 Å². The van der Waals surface area contributed by atoms with Crippen molar-refractivity contribution in [1.82, 2.24) is 4.90 Å². The fraction of sp³-hybridized carbons (Fsp3) is 0.562. The standard InChI is InChI=1S/C16H23BrN2O/c1-4-12(2)18-7-9-19(10-8-18)16-6-5-14(13(3)20)11-15(16)17/h5-6,11-12H,4,7-10H2,1-3H3. The van der Waals surface area contributed by atoms with Crippen LogP contribution >= 0.6 is 15.9 Å². The van der Waals surface area contributed by atoms with Crippen LogP contribution in [0, 0.1) is 0 Å². The second kappa shape index (κ2) is 6.72. The molecule has 1 aromatic carbocycles. The Morgan fingerprint density at radius 1 is 1.30 bits per heavy atom. The van der Waals surface area contributed by atoms with Gasteiger partial charge < -0.3 is 4.90 Å². The summed E-state index contributed by atoms with van der Waals surface area (Å²) in [5.74, 6) is 0.110. The van der Waals surface area contributed by atoms with E-state index in [9.17, 15) is 4.79 Å². The normalized spacial score (nSPS) is 18.1. The van der Waals surface area contributed by atoms with Gasteiger partial charge in [-0.15, -0.1) is 0 Å². The van der Waals surface area contributed by atoms with Gasteiger partial charge in [-0.3, -0.25) is 9.69 Å². The van der Waals surface area contributed by atoms with Gasteiger partial charge in [0.15, 0.2) is 5.78 Å². The van der Waals surface area contributed by atoms with Crippen molar-refractivity contribution >= 4 is 27.4 Å². The van der Waals surface area contributed by atoms with Crippen molar-refractivity contribution in [2.45, 2.75) is 33.2 Å². The number of hydrogen-bond acceptors (Lipinski definition) is 3. The molecule has 1 aliphatic heterocycles. The van der Waals surface area contributed by atoms with E-state index in [0.717, 1.165) is 36.2 Å². The zero-order valence-corrected chi connectivity index (χ0v) is 14.1. The molecular weight excluding hydrogens is 316 g/mol. The van der Waals surface area contributed by atoms with Gasteiger partial charge in [0.25, 0.3) is 0 Å². The first-order chi connectivity index (χ1) is 9.52. The molecule has 1 aromatic rings. The highest BCUT2D eigenvalue weighted by Crippen LogP contribution is 2.28. The Kier molecular flexibility index (Phi) is 5.22. The van der Waals surface area contributed by atoms with E-state index in [0.29, 0.717) is 6.04 Å². The van der Waals surface area contributed by atoms with E-state index in [-0.39, 0.29) is 5.78 Å². The van der Waals surface area contributed by atoms with E-state index >= 15 is 0 Å². The van der Waals surface area contributed by atoms with Crippen molar-refractivity contribution in [3.05, 3.63) is 28.2 Å². The smallest absolute Gasteiger partial charge is 0.159 e. The molecule has 4 heteroatoms. The second-order valence-electron chi connectivity index (χ2n) is 5.50. The molecule has 0 N–H and O–H groups in total. The van der Waals surface area contributed by atoms with Crippen LogP contribution in [-0.2, 0) is 0 Å². The van der Waals surface area contributed by atoms with Crippen molar-refractivity contribution in [2.24, 2.45) is 0 Å². The highest BCUT2D eigenvalue weighted by atomic mass is 79.9. The van der Waals surface area contributed by atoms with E-state index in [1.807, 2.05) is 12.1 Å². The number of Topliss-reactive ketones (excluding diaryl/α,β-unsaturated/α-hetero) is 1. The van der Waals surface area contributed by atoms with Crippen molar-refractivity contribution in [2.75, 3.05) is 31.1 Å². The summed E-state index contributed by atoms with van der Waals surface area (Å²) in [5.41, 5.74) is 1.96. The Morgan fingerprint density at radius 3 is 2.45 bits per heavy atom. The summed E-state index contributed by atoms with van der Waals surface area (Å²) in [6.07, 6.45) is 1.21. The molecule has 1 unspecified atom stereocenters. The first-order valence-corrected chi connectivity index (χ1v) is 8.11. The molecule has 1 saturated heterocycles. The van der Waals surface area contributed by atoms with Crippen molar-refractivity contribution < 1.29 is 4.79 Å². The topological polar surface area (TPSA) is 23.6 Å². The van der Waals surface area contributed by atoms with Crippen LogP contribution in [0.25, 0.3) is 0 Å². The molecule has 0 aliphatic carbocycles. The summed E-state index contributed by atoms with van der Waals surface area (Å²) < 4.78 is 1.02. The summed E-state index contributed by atoms with van der Waals surface area (Å²) in [7, 11) is 0. The Balaban J connectivity index is 2.05. The van der Waals surface area contributed by atoms with Gasteiger partial charge >= 0.3 is 0 Å². The monoisotopic (exact) mass is 338 g/mol. The molecule has 0 aromatic heterocycles. The average molecular weight is 339 g/mol. The fourth-order valence-corrected chi connectivity index (χ4v) is 3.27. The number of hydrogen-bond donors (Lipinski definition) is 0. The first kappa shape index (κ1) is 15.5. The van der Waals surface area contributed by atoms with E-state index in [1.54, 1.807) is 6.92 Å². The summed E-state index contributed by atoms with van der Waals surface area (Å²) in [6.45, 7) is 10.4. The summed E-state index contributed by atoms with van der Waals surface area (Å²) in [5, 5.41) is 0. The van der Waals surface area contributed by atoms with Gasteiger partial charge in [-0.25, -0.2) is 0 Å². The van der Waals surface area contributed by atoms with Crippen LogP contribution in [0.1, 0.15) is 37.6 Å². The van der Waals surface area contributed by atoms with Gasteiger partial charge in [-0.2, -0.15) is 0 Å². The molecule has 0 amide bonds. The predicted octanol–water partition coefficient (Wildman–Crippen LogP) is 3.57. The summed E-state index contributed by atoms with van der Waals surface area (Å²) in [6, 6.07) is 6.57. The number of piperazine rings is 1. The van der Waals surface area contributed by atoms with Crippen molar-refractivity contribution in [3.63, 3.8) is 0 Å². The van der Waals surface area contributed by atoms with Gasteiger partial charge in [0.05, 0.1) is 5.69 Å². The largest absolute Gasteiger partial charge is 0.368 e. The minimum atomic E-state index is 0.110. The Labute approximate surface area is 130 Å². The van der Waals surface area contributed by atoms with Gasteiger partial charge in [0.2, 0.25) is 0 Å². The SMILES string of the molecule is CCC(C)N1CCN(c2ccc(C(C)=O)cc2Br)CC1. The minimum Gasteiger partial charge on any atom is -0.368 e. The van der Waals surface area contributed by atoms with Crippen molar-refractivity contribution in [3.8, 4) is 0 Å². The predicted molar refractivity (Wildman–Crippen MR) is 87.7 cm³/mol. The molecule has 1 aliphatic rings. The molecule has 20 heavy (non-hydrogen) atoms. The number of nitrogens with zero attached hydrogens (tertiary/aromatic N) is 2. The van der Waals surface area contributed by atoms with Gasteiger partial charge in [-0.1, -0.05) is 6.92 Å². The molecule has 0 radical (unpaired) electrons. The first-order valence-electron chi connectivity index (χ1n) is 7.32. The molecule has 2 rings (SSSR count). The molecule has 1 heterocycles. The third-order valence-electron chi connectivity index (χ3n) is 4.22. The van der Waals surface area contributed by atoms with Crippen LogP contribution in [0.5, 0.6) is 0 Å². The zero-order chi connectivity index (χ0) is 14.7. The molecule has 110 valence electrons. The van der Waals surface area contributed by atoms with Crippen LogP contribution in [-0.4, -0.2) is 42.9 Å². The van der Waals surface area contributed by atoms with Crippen LogP contribution in [0.3, 0.4) is 0 Å². The number of carbonyl (C=O) groups excluding carboxylic acids is 1. The van der Waals surface area contributed by atoms with E-state index < -0.39 is 0 Å². The van der Waals surface area contributed by atoms with Gasteiger partial charge in [0.1, 0.15) is 0 Å². The van der Waals surface area contributed by atoms with Crippen molar-refractivity contribution in [1.29, 1.82) is 0 Å². The maximum atomic E-state index is 11.4. The minimum absolute atomic E-state index is 0.110. The number of halogens is 1. The second-order valence-corrected chi connectivity index (χ2v) is 6.36. The lowest BCUT2D eigenvalue weighted by Crippen LogP contribution is -2.49. The van der Waals surface area contributed by atoms with Crippen LogP contribution in [0.15, 0.2) is 22.7 Å². The summed E-state index contributed by atoms with van der Waals surface area (Å²) >= 11 is 3.60. The van der Waals surface area contributed by atoms with Gasteiger partial charge in [0, 0.05) is 42.3 Å². The number of carbonyl (C=O) groups is 1. The Bertz CT molecular complexity index is 481. The van der Waals surface area contributed by atoms with E-state index in [1.165, 1.54) is 12.1 Å². The van der Waals surface area contributed by atoms with E-state index in [2.05, 4.69) is 45.6 Å². The molecular formula is C16H23BrN2O. The summed E-state index contributed by atoms with van der Waals surface area (Å²) in [4.78, 5) is 16.3. The number of benzene rings is 1. The molecule has 1 fully saturated rings. The molecule has 0 spiro atoms. The number of ketones is 1. The Hall–Kier alpha value is -0.870. The molecule has 0 saturated carbocycles. The maximum absolute atomic E-state index is 11.4. The Morgan fingerprint density at radius 2 is 1.95 bits per heavy atom. The van der Waals surface area contributed by atoms with Crippen LogP contribution < -0.4 is 4.90 Å². The average Bonchev–Trinajstić information content (AvgIpc) is 2.46. The lowest BCUT2D eigenvalue weighted by Gasteiger charge is -2.39. The fourth-order valence-electron chi connectivity index (χ4n) is 2.64. The molecule has 3 nitrogen and oxygen atoms in total. The maximum Gasteiger partial charge on any atom is 0.159 e. The number of anilines is 1. The van der Waals surface area contributed by atoms with Crippen LogP contribution in [0.2, 0.25) is 0 Å². The quantitative estimate of drug-likeness (QED) is 0.784. The highest BCUT2D eigenvalue weighted by Gasteiger charge is 2.21. The third kappa shape index (κ3) is 3.41. The third-order valence-corrected chi connectivity index (χ3v) is 4.86.